The lowest BCUT2D eigenvalue weighted by Crippen LogP contribution is -1.95. The molecule has 2 N–H and O–H groups in total. The van der Waals surface area contributed by atoms with Gasteiger partial charge in [-0.25, -0.2) is 0 Å². The van der Waals surface area contributed by atoms with Gasteiger partial charge in [-0.3, -0.25) is 0 Å². The second-order valence-electron chi connectivity index (χ2n) is 6.47. The van der Waals surface area contributed by atoms with Crippen LogP contribution in [0.3, 0.4) is 0 Å². The zero-order chi connectivity index (χ0) is 19.9. The fourth-order valence-corrected chi connectivity index (χ4v) is 2.89. The van der Waals surface area contributed by atoms with Crippen molar-refractivity contribution in [2.24, 2.45) is 0 Å². The van der Waals surface area contributed by atoms with Gasteiger partial charge in [0.15, 0.2) is 23.0 Å². The lowest BCUT2D eigenvalue weighted by atomic mass is 10.0. The van der Waals surface area contributed by atoms with Gasteiger partial charge in [-0.1, -0.05) is 49.6 Å². The Kier molecular flexibility index (Phi) is 11.6. The zero-order valence-corrected chi connectivity index (χ0v) is 16.7. The maximum atomic E-state index is 10.2. The molecule has 0 amide bonds. The Labute approximate surface area is 163 Å². The molecule has 0 aliphatic carbocycles. The first kappa shape index (κ1) is 22.7. The first-order chi connectivity index (χ1) is 13.2. The van der Waals surface area contributed by atoms with Gasteiger partial charge in [0.1, 0.15) is 0 Å². The Hall–Kier alpha value is -2.36. The molecule has 0 atom stereocenters. The summed E-state index contributed by atoms with van der Waals surface area (Å²) in [5, 5.41) is 20.4. The summed E-state index contributed by atoms with van der Waals surface area (Å²) in [5.74, 6) is 0.655. The van der Waals surface area contributed by atoms with E-state index in [4.69, 9.17) is 9.47 Å². The Balaban J connectivity index is 2.25. The number of allylic oxidation sites excluding steroid dienone is 5. The van der Waals surface area contributed by atoms with E-state index in [-0.39, 0.29) is 11.5 Å². The van der Waals surface area contributed by atoms with Gasteiger partial charge >= 0.3 is 0 Å². The summed E-state index contributed by atoms with van der Waals surface area (Å²) in [6, 6.07) is 1.50. The molecular weight excluding hydrogens is 340 g/mol. The normalized spacial score (nSPS) is 11.3. The second-order valence-corrected chi connectivity index (χ2v) is 6.47. The highest BCUT2D eigenvalue weighted by Gasteiger charge is 2.18. The monoisotopic (exact) mass is 374 g/mol. The minimum atomic E-state index is 0.00285. The largest absolute Gasteiger partial charge is 0.504 e. The number of phenolic OH excluding ortho intramolecular Hbond substituents is 2. The molecule has 150 valence electrons. The number of hydrogen-bond donors (Lipinski definition) is 2. The highest BCUT2D eigenvalue weighted by atomic mass is 16.5. The van der Waals surface area contributed by atoms with E-state index >= 15 is 0 Å². The molecule has 1 aromatic rings. The van der Waals surface area contributed by atoms with Crippen LogP contribution >= 0.6 is 0 Å². The minimum absolute atomic E-state index is 0.00285. The summed E-state index contributed by atoms with van der Waals surface area (Å²) in [4.78, 5) is 0. The van der Waals surface area contributed by atoms with Crippen LogP contribution in [-0.2, 0) is 6.42 Å². The van der Waals surface area contributed by atoms with Crippen molar-refractivity contribution in [1.82, 2.24) is 0 Å². The number of hydrogen-bond acceptors (Lipinski definition) is 4. The van der Waals surface area contributed by atoms with Gasteiger partial charge in [0.05, 0.1) is 14.2 Å². The zero-order valence-electron chi connectivity index (χ0n) is 16.7. The molecule has 0 spiro atoms. The van der Waals surface area contributed by atoms with Crippen molar-refractivity contribution >= 4 is 0 Å². The second kappa shape index (κ2) is 13.8. The number of aromatic hydroxyl groups is 2. The first-order valence-corrected chi connectivity index (χ1v) is 9.72. The third-order valence-corrected chi connectivity index (χ3v) is 4.45. The van der Waals surface area contributed by atoms with Crippen molar-refractivity contribution in [3.8, 4) is 23.0 Å². The first-order valence-electron chi connectivity index (χ1n) is 9.72. The number of methoxy groups -OCH3 is 2. The van der Waals surface area contributed by atoms with Gasteiger partial charge in [0.25, 0.3) is 0 Å². The van der Waals surface area contributed by atoms with Crippen molar-refractivity contribution < 1.29 is 19.7 Å². The summed E-state index contributed by atoms with van der Waals surface area (Å²) >= 11 is 0. The molecule has 0 aliphatic heterocycles. The topological polar surface area (TPSA) is 58.9 Å². The smallest absolute Gasteiger partial charge is 0.164 e. The molecule has 0 aromatic heterocycles. The predicted octanol–water partition coefficient (Wildman–Crippen LogP) is 6.08. The summed E-state index contributed by atoms with van der Waals surface area (Å²) < 4.78 is 10.3. The van der Waals surface area contributed by atoms with Crippen LogP contribution in [0.25, 0.3) is 0 Å². The van der Waals surface area contributed by atoms with Crippen LogP contribution in [0.2, 0.25) is 0 Å². The summed E-state index contributed by atoms with van der Waals surface area (Å²) in [6.45, 7) is 3.69. The van der Waals surface area contributed by atoms with E-state index in [0.29, 0.717) is 23.5 Å². The number of benzene rings is 1. The van der Waals surface area contributed by atoms with Gasteiger partial charge in [0.2, 0.25) is 0 Å². The summed E-state index contributed by atoms with van der Waals surface area (Å²) in [5.41, 5.74) is 0.499. The highest BCUT2D eigenvalue weighted by Crippen LogP contribution is 2.43. The Morgan fingerprint density at radius 2 is 1.37 bits per heavy atom. The molecule has 1 rings (SSSR count). The van der Waals surface area contributed by atoms with Crippen LogP contribution in [0.5, 0.6) is 23.0 Å². The van der Waals surface area contributed by atoms with Crippen LogP contribution in [0, 0.1) is 0 Å². The third-order valence-electron chi connectivity index (χ3n) is 4.45. The van der Waals surface area contributed by atoms with E-state index in [0.717, 1.165) is 38.5 Å². The van der Waals surface area contributed by atoms with Crippen LogP contribution in [-0.4, -0.2) is 24.4 Å². The molecular formula is C23H34O4. The number of phenols is 2. The lowest BCUT2D eigenvalue weighted by molar-refractivity contribution is 0.340. The average molecular weight is 375 g/mol. The van der Waals surface area contributed by atoms with E-state index in [1.54, 1.807) is 0 Å². The summed E-state index contributed by atoms with van der Waals surface area (Å²) in [6.07, 6.45) is 19.8. The highest BCUT2D eigenvalue weighted by molar-refractivity contribution is 5.59. The van der Waals surface area contributed by atoms with Crippen LogP contribution in [0.4, 0.5) is 0 Å². The van der Waals surface area contributed by atoms with Crippen molar-refractivity contribution in [3.63, 3.8) is 0 Å². The van der Waals surface area contributed by atoms with Crippen molar-refractivity contribution in [3.05, 3.63) is 48.6 Å². The quantitative estimate of drug-likeness (QED) is 0.306. The predicted molar refractivity (Wildman–Crippen MR) is 112 cm³/mol. The van der Waals surface area contributed by atoms with Gasteiger partial charge in [-0.15, -0.1) is 6.58 Å². The molecule has 4 heteroatoms. The molecule has 0 heterocycles. The Bertz CT molecular complexity index is 589. The number of rotatable bonds is 14. The maximum absolute atomic E-state index is 10.2. The molecule has 0 saturated heterocycles. The molecule has 1 aromatic carbocycles. The number of unbranched alkanes of at least 4 members (excludes halogenated alkanes) is 5. The minimum Gasteiger partial charge on any atom is -0.504 e. The SMILES string of the molecule is C=CC/C=C/C/C=C/CCCCCCCc1c(O)c(OC)cc(OC)c1O. The number of ether oxygens (including phenoxy) is 2. The van der Waals surface area contributed by atoms with Crippen LogP contribution in [0.1, 0.15) is 56.9 Å². The van der Waals surface area contributed by atoms with E-state index in [2.05, 4.69) is 30.9 Å². The van der Waals surface area contributed by atoms with Crippen molar-refractivity contribution in [2.75, 3.05) is 14.2 Å². The molecule has 0 unspecified atom stereocenters. The Morgan fingerprint density at radius 3 is 2.00 bits per heavy atom. The van der Waals surface area contributed by atoms with Gasteiger partial charge in [-0.2, -0.15) is 0 Å². The third kappa shape index (κ3) is 8.25. The molecule has 4 nitrogen and oxygen atoms in total. The van der Waals surface area contributed by atoms with Crippen molar-refractivity contribution in [2.45, 2.75) is 57.8 Å². The molecule has 0 aliphatic rings. The lowest BCUT2D eigenvalue weighted by Gasteiger charge is -2.14. The molecule has 0 fully saturated rings. The molecule has 0 saturated carbocycles. The van der Waals surface area contributed by atoms with E-state index in [1.807, 2.05) is 6.08 Å². The standard InChI is InChI=1S/C23H34O4/c1-4-5-6-7-8-9-10-11-12-13-14-15-16-17-19-22(24)20(26-2)18-21(27-3)23(19)25/h4,6-7,9-10,18,24-25H,1,5,8,11-17H2,2-3H3/b7-6+,10-9+. The maximum Gasteiger partial charge on any atom is 0.164 e. The molecule has 0 radical (unpaired) electrons. The van der Waals surface area contributed by atoms with E-state index < -0.39 is 0 Å². The van der Waals surface area contributed by atoms with Crippen LogP contribution < -0.4 is 9.47 Å². The Morgan fingerprint density at radius 1 is 0.815 bits per heavy atom. The summed E-state index contributed by atoms with van der Waals surface area (Å²) in [7, 11) is 2.97. The molecule has 0 bridgehead atoms. The van der Waals surface area contributed by atoms with Gasteiger partial charge < -0.3 is 19.7 Å². The van der Waals surface area contributed by atoms with E-state index in [9.17, 15) is 10.2 Å². The van der Waals surface area contributed by atoms with Crippen molar-refractivity contribution in [1.29, 1.82) is 0 Å². The fourth-order valence-electron chi connectivity index (χ4n) is 2.89. The van der Waals surface area contributed by atoms with Gasteiger partial charge in [-0.05, 0) is 38.5 Å². The van der Waals surface area contributed by atoms with E-state index in [1.165, 1.54) is 33.1 Å². The fraction of sp³-hybridized carbons (Fsp3) is 0.478. The van der Waals surface area contributed by atoms with Crippen LogP contribution in [0.15, 0.2) is 43.0 Å². The van der Waals surface area contributed by atoms with Gasteiger partial charge in [0, 0.05) is 11.6 Å². The molecule has 27 heavy (non-hydrogen) atoms. The average Bonchev–Trinajstić information content (AvgIpc) is 2.68.